The highest BCUT2D eigenvalue weighted by Crippen LogP contribution is 2.38. The predicted octanol–water partition coefficient (Wildman–Crippen LogP) is 7.55. The molecule has 66 heavy (non-hydrogen) atoms. The van der Waals surface area contributed by atoms with E-state index in [1.165, 1.54) is 12.0 Å². The van der Waals surface area contributed by atoms with Gasteiger partial charge in [-0.15, -0.1) is 0 Å². The lowest BCUT2D eigenvalue weighted by Gasteiger charge is -2.42. The third-order valence-corrected chi connectivity index (χ3v) is 15.2. The third-order valence-electron chi connectivity index (χ3n) is 14.6. The molecule has 2 saturated heterocycles. The highest BCUT2D eigenvalue weighted by molar-refractivity contribution is 14.1. The largest absolute Gasteiger partial charge is 0.460 e. The molecule has 0 aromatic heterocycles. The number of methoxy groups -OCH3 is 3. The maximum Gasteiger partial charge on any atom is 0.329 e. The number of hydrogen-bond acceptors (Lipinski definition) is 13. The van der Waals surface area contributed by atoms with Gasteiger partial charge < -0.3 is 41.9 Å². The Labute approximate surface area is 407 Å². The first kappa shape index (κ1) is 56.0. The number of allylic oxidation sites excluding steroid dienone is 6. The number of hydrogen-bond donors (Lipinski definition) is 2. The minimum Gasteiger partial charge on any atom is -0.460 e. The highest BCUT2D eigenvalue weighted by atomic mass is 127. The molecule has 3 aliphatic heterocycles. The number of aliphatic hydroxyl groups is 2. The van der Waals surface area contributed by atoms with Gasteiger partial charge in [0.05, 0.1) is 24.4 Å². The summed E-state index contributed by atoms with van der Waals surface area (Å²) in [7, 11) is 4.63. The van der Waals surface area contributed by atoms with Crippen LogP contribution >= 0.6 is 23.0 Å². The summed E-state index contributed by atoms with van der Waals surface area (Å²) in [6.07, 6.45) is 12.7. The second kappa shape index (κ2) is 26.4. The van der Waals surface area contributed by atoms with E-state index in [1.807, 2.05) is 81.1 Å². The number of ketones is 3. The van der Waals surface area contributed by atoms with Gasteiger partial charge in [0.15, 0.2) is 5.78 Å². The number of esters is 1. The Morgan fingerprint density at radius 1 is 0.864 bits per heavy atom. The molecule has 2 unspecified atom stereocenters. The lowest BCUT2D eigenvalue weighted by molar-refractivity contribution is -0.265. The van der Waals surface area contributed by atoms with Crippen molar-refractivity contribution in [2.24, 2.45) is 35.5 Å². The molecule has 0 spiro atoms. The molecule has 4 aliphatic rings. The van der Waals surface area contributed by atoms with Gasteiger partial charge >= 0.3 is 5.97 Å². The Balaban J connectivity index is 1.70. The molecule has 2 N–H and O–H groups in total. The number of Topliss-reactive ketones (excluding diaryl/α,β-unsaturated/α-hetero) is 3. The molecule has 1 saturated carbocycles. The van der Waals surface area contributed by atoms with Crippen LogP contribution in [0.15, 0.2) is 47.6 Å². The number of amides is 1. The van der Waals surface area contributed by atoms with Gasteiger partial charge in [0, 0.05) is 58.5 Å². The fourth-order valence-electron chi connectivity index (χ4n) is 10.2. The summed E-state index contributed by atoms with van der Waals surface area (Å²) in [6, 6.07) is -1.12. The van der Waals surface area contributed by atoms with E-state index in [1.54, 1.807) is 41.1 Å². The Hall–Kier alpha value is -2.64. The van der Waals surface area contributed by atoms with Crippen LogP contribution in [0.25, 0.3) is 0 Å². The normalized spacial score (nSPS) is 38.7. The van der Waals surface area contributed by atoms with Gasteiger partial charge in [0.25, 0.3) is 11.7 Å². The van der Waals surface area contributed by atoms with Gasteiger partial charge in [-0.1, -0.05) is 71.1 Å². The second-order valence-electron chi connectivity index (χ2n) is 19.7. The zero-order chi connectivity index (χ0) is 48.9. The lowest BCUT2D eigenvalue weighted by Crippen LogP contribution is -2.61. The number of cyclic esters (lactones) is 1. The second-order valence-corrected chi connectivity index (χ2v) is 20.2. The minimum absolute atomic E-state index is 0.0243. The maximum atomic E-state index is 14.4. The summed E-state index contributed by atoms with van der Waals surface area (Å²) < 4.78 is 35.3. The number of carbonyl (C=O) groups is 5. The quantitative estimate of drug-likeness (QED) is 0.110. The van der Waals surface area contributed by atoms with Crippen LogP contribution in [0.3, 0.4) is 0 Å². The zero-order valence-corrected chi connectivity index (χ0v) is 43.1. The minimum atomic E-state index is -2.42. The van der Waals surface area contributed by atoms with Crippen molar-refractivity contribution in [2.45, 2.75) is 180 Å². The zero-order valence-electron chi connectivity index (χ0n) is 40.9. The first-order chi connectivity index (χ1) is 31.3. The number of carbonyl (C=O) groups excluding carboxylic acids is 5. The van der Waals surface area contributed by atoms with Crippen molar-refractivity contribution >= 4 is 52.2 Å². The van der Waals surface area contributed by atoms with Crippen molar-refractivity contribution in [3.63, 3.8) is 0 Å². The van der Waals surface area contributed by atoms with Crippen LogP contribution in [0.1, 0.15) is 126 Å². The van der Waals surface area contributed by atoms with Crippen LogP contribution in [0.2, 0.25) is 0 Å². The van der Waals surface area contributed by atoms with Crippen LogP contribution in [-0.2, 0) is 50.7 Å². The number of rotatable bonds is 7. The summed E-state index contributed by atoms with van der Waals surface area (Å²) in [5.74, 6) is -7.73. The summed E-state index contributed by atoms with van der Waals surface area (Å²) in [6.45, 7) is 12.8. The van der Waals surface area contributed by atoms with E-state index in [-0.39, 0.29) is 60.9 Å². The van der Waals surface area contributed by atoms with E-state index in [9.17, 15) is 34.2 Å². The molecule has 15 atom stereocenters. The van der Waals surface area contributed by atoms with Crippen molar-refractivity contribution in [2.75, 3.05) is 27.9 Å². The molecule has 3 fully saturated rings. The average molecular weight is 1040 g/mol. The Morgan fingerprint density at radius 2 is 1.59 bits per heavy atom. The van der Waals surface area contributed by atoms with Crippen LogP contribution in [0.5, 0.6) is 0 Å². The fourth-order valence-corrected chi connectivity index (χ4v) is 10.8. The van der Waals surface area contributed by atoms with Gasteiger partial charge in [0.1, 0.15) is 53.1 Å². The third kappa shape index (κ3) is 14.7. The molecule has 1 amide bonds. The van der Waals surface area contributed by atoms with E-state index in [0.29, 0.717) is 50.5 Å². The molecule has 15 heteroatoms. The molecule has 0 radical (unpaired) electrons. The van der Waals surface area contributed by atoms with Crippen molar-refractivity contribution in [1.29, 1.82) is 0 Å². The standard InChI is InChI=1S/C51H78INO13/c1-30-16-12-11-13-17-31(2)42(61-8)28-38-21-19-36(7)51(60,65-38)48(57)49(58)53-23-15-14-18-39(53)50(59)64-43(33(4)26-37-20-22-41(66-52)44(27-37)62-9)29-40(54)32(3)25-35(6)46(56)47(63-10)45(55)34(5)24-30/h11-13,16-17,25,30,32-34,36-39,41-44,46-47,56,60H,14-15,18-24,26-29H2,1-10H3/b13-11?,16-12+,31-17?,35-25+/t30-,32-,33-,34-,36-,37+,38?,39?,41-,42+,43+,44-,46-,47+,51-/m1/s1. The summed E-state index contributed by atoms with van der Waals surface area (Å²) >= 11 is 1.91. The Bertz CT molecular complexity index is 1780. The van der Waals surface area contributed by atoms with E-state index >= 15 is 0 Å². The van der Waals surface area contributed by atoms with Gasteiger partial charge in [-0.05, 0) is 107 Å². The number of piperidine rings is 1. The van der Waals surface area contributed by atoms with Crippen LogP contribution in [-0.4, -0.2) is 127 Å². The topological polar surface area (TPSA) is 184 Å². The average Bonchev–Trinajstić information content (AvgIpc) is 3.30. The summed E-state index contributed by atoms with van der Waals surface area (Å²) in [5.41, 5.74) is 1.28. The smallest absolute Gasteiger partial charge is 0.329 e. The fraction of sp³-hybridized carbons (Fsp3) is 0.745. The highest BCUT2D eigenvalue weighted by Gasteiger charge is 2.53. The molecule has 372 valence electrons. The van der Waals surface area contributed by atoms with Crippen molar-refractivity contribution < 1.29 is 60.9 Å². The maximum absolute atomic E-state index is 14.4. The van der Waals surface area contributed by atoms with Gasteiger partial charge in [-0.25, -0.2) is 4.79 Å². The van der Waals surface area contributed by atoms with Crippen LogP contribution in [0.4, 0.5) is 0 Å². The number of nitrogens with zero attached hydrogens (tertiary/aromatic N) is 1. The lowest BCUT2D eigenvalue weighted by atomic mass is 9.78. The number of fused-ring (bicyclic) bond motifs is 3. The number of ether oxygens (including phenoxy) is 5. The molecular weight excluding hydrogens is 961 g/mol. The molecular formula is C51H78INO13. The summed E-state index contributed by atoms with van der Waals surface area (Å²) in [4.78, 5) is 72.0. The molecule has 0 aromatic carbocycles. The van der Waals surface area contributed by atoms with Crippen molar-refractivity contribution in [3.8, 4) is 0 Å². The molecule has 14 nitrogen and oxygen atoms in total. The Morgan fingerprint density at radius 3 is 2.26 bits per heavy atom. The Kier molecular flexibility index (Phi) is 22.4. The summed E-state index contributed by atoms with van der Waals surface area (Å²) in [5, 5.41) is 23.4. The van der Waals surface area contributed by atoms with Gasteiger partial charge in [0.2, 0.25) is 5.79 Å². The van der Waals surface area contributed by atoms with Crippen LogP contribution < -0.4 is 0 Å². The van der Waals surface area contributed by atoms with Gasteiger partial charge in [-0.3, -0.25) is 19.2 Å². The van der Waals surface area contributed by atoms with E-state index < -0.39 is 77.8 Å². The molecule has 1 aliphatic carbocycles. The number of halogens is 1. The monoisotopic (exact) mass is 1040 g/mol. The van der Waals surface area contributed by atoms with Crippen molar-refractivity contribution in [3.05, 3.63) is 47.6 Å². The first-order valence-corrected chi connectivity index (χ1v) is 24.9. The molecule has 2 bridgehead atoms. The first-order valence-electron chi connectivity index (χ1n) is 24.1. The van der Waals surface area contributed by atoms with E-state index in [2.05, 4.69) is 0 Å². The number of aliphatic hydroxyl groups excluding tert-OH is 1. The van der Waals surface area contributed by atoms with Crippen molar-refractivity contribution in [1.82, 2.24) is 4.90 Å². The molecule has 4 rings (SSSR count). The molecule has 3 heterocycles. The van der Waals surface area contributed by atoms with Crippen LogP contribution in [0, 0.1) is 35.5 Å². The predicted molar refractivity (Wildman–Crippen MR) is 258 cm³/mol. The van der Waals surface area contributed by atoms with Gasteiger partial charge in [-0.2, -0.15) is 0 Å². The van der Waals surface area contributed by atoms with E-state index in [4.69, 9.17) is 26.8 Å². The van der Waals surface area contributed by atoms with E-state index in [0.717, 1.165) is 24.8 Å². The SMILES string of the molecule is CO[C@H]1CC2CC[C@@H](C)[C@@](O)(O2)C(=O)C(=O)N2CCCCC2C(=O)O[C@H]([C@H](C)C[C@@H]2CC[C@@H](OI)[C@H](OC)C2)CC(=O)[C@H](C)/C=C(\C)[C@@H](O)[C@@H](OC)C(=O)[C@H](C)C[C@H](C)/C=C/C=CC=C1C. The molecule has 0 aromatic rings.